The zero-order valence-corrected chi connectivity index (χ0v) is 13.2. The fraction of sp³-hybridized carbons (Fsp3) is 0.444. The van der Waals surface area contributed by atoms with Crippen LogP contribution in [0.5, 0.6) is 0 Å². The molecule has 1 heterocycles. The molecule has 0 saturated heterocycles. The van der Waals surface area contributed by atoms with E-state index in [-0.39, 0.29) is 0 Å². The quantitative estimate of drug-likeness (QED) is 0.712. The van der Waals surface area contributed by atoms with Crippen molar-refractivity contribution in [3.05, 3.63) is 36.4 Å². The molecule has 1 aromatic carbocycles. The fourth-order valence-electron chi connectivity index (χ4n) is 2.36. The summed E-state index contributed by atoms with van der Waals surface area (Å²) >= 11 is 0. The van der Waals surface area contributed by atoms with Crippen molar-refractivity contribution in [1.82, 2.24) is 9.97 Å². The first-order valence-corrected chi connectivity index (χ1v) is 8.30. The van der Waals surface area contributed by atoms with E-state index < -0.39 is 0 Å². The van der Waals surface area contributed by atoms with Crippen LogP contribution in [0.25, 0.3) is 11.4 Å². The zero-order valence-electron chi connectivity index (χ0n) is 13.2. The molecule has 0 amide bonds. The van der Waals surface area contributed by atoms with E-state index in [0.29, 0.717) is 6.04 Å². The number of nitrogens with one attached hydrogen (secondary N) is 2. The molecule has 0 aliphatic heterocycles. The minimum absolute atomic E-state index is 0.589. The van der Waals surface area contributed by atoms with Crippen molar-refractivity contribution < 1.29 is 0 Å². The van der Waals surface area contributed by atoms with Crippen LogP contribution in [0.3, 0.4) is 0 Å². The minimum Gasteiger partial charge on any atom is -0.370 e. The van der Waals surface area contributed by atoms with Crippen LogP contribution in [0, 0.1) is 0 Å². The molecular weight excluding hydrogens is 272 g/mol. The van der Waals surface area contributed by atoms with Gasteiger partial charge >= 0.3 is 0 Å². The Bertz CT molecular complexity index is 593. The molecular formula is C18H24N4. The van der Waals surface area contributed by atoms with Gasteiger partial charge in [0.15, 0.2) is 5.82 Å². The normalized spacial score (nSPS) is 13.9. The molecule has 116 valence electrons. The van der Waals surface area contributed by atoms with Gasteiger partial charge in [-0.2, -0.15) is 0 Å². The molecule has 0 spiro atoms. The summed E-state index contributed by atoms with van der Waals surface area (Å²) < 4.78 is 0. The lowest BCUT2D eigenvalue weighted by molar-refractivity contribution is 0.742. The Balaban J connectivity index is 1.78. The first-order valence-electron chi connectivity index (χ1n) is 8.30. The van der Waals surface area contributed by atoms with Gasteiger partial charge in [0.05, 0.1) is 0 Å². The van der Waals surface area contributed by atoms with Gasteiger partial charge < -0.3 is 10.6 Å². The van der Waals surface area contributed by atoms with E-state index in [1.165, 1.54) is 32.1 Å². The Kier molecular flexibility index (Phi) is 4.88. The highest BCUT2D eigenvalue weighted by atomic mass is 15.1. The number of unbranched alkanes of at least 4 members (excludes halogenated alkanes) is 2. The van der Waals surface area contributed by atoms with Crippen LogP contribution in [0.2, 0.25) is 0 Å². The lowest BCUT2D eigenvalue weighted by Crippen LogP contribution is -2.08. The lowest BCUT2D eigenvalue weighted by Gasteiger charge is -2.11. The second-order valence-corrected chi connectivity index (χ2v) is 5.88. The van der Waals surface area contributed by atoms with E-state index in [0.717, 1.165) is 29.6 Å². The molecule has 2 N–H and O–H groups in total. The van der Waals surface area contributed by atoms with Gasteiger partial charge in [0, 0.05) is 24.2 Å². The van der Waals surface area contributed by atoms with Crippen LogP contribution >= 0.6 is 0 Å². The summed E-state index contributed by atoms with van der Waals surface area (Å²) in [7, 11) is 0. The van der Waals surface area contributed by atoms with Crippen LogP contribution in [0.15, 0.2) is 36.4 Å². The maximum absolute atomic E-state index is 4.67. The van der Waals surface area contributed by atoms with Crippen molar-refractivity contribution >= 4 is 11.6 Å². The molecule has 22 heavy (non-hydrogen) atoms. The predicted octanol–water partition coefficient (Wildman–Crippen LogP) is 4.32. The Morgan fingerprint density at radius 3 is 2.55 bits per heavy atom. The van der Waals surface area contributed by atoms with E-state index in [9.17, 15) is 0 Å². The van der Waals surface area contributed by atoms with Gasteiger partial charge in [-0.1, -0.05) is 50.1 Å². The van der Waals surface area contributed by atoms with Crippen molar-refractivity contribution in [3.8, 4) is 11.4 Å². The molecule has 1 aliphatic rings. The zero-order chi connectivity index (χ0) is 15.2. The standard InChI is InChI=1S/C18H24N4/c1-2-3-7-12-19-16-13-17(20-15-10-11-15)22-18(21-16)14-8-5-4-6-9-14/h4-6,8-9,13,15H,2-3,7,10-12H2,1H3,(H2,19,20,21,22). The Hall–Kier alpha value is -2.10. The van der Waals surface area contributed by atoms with E-state index >= 15 is 0 Å². The van der Waals surface area contributed by atoms with Crippen LogP contribution in [0.4, 0.5) is 11.6 Å². The summed E-state index contributed by atoms with van der Waals surface area (Å²) in [6.07, 6.45) is 6.13. The molecule has 1 saturated carbocycles. The molecule has 1 aromatic heterocycles. The Labute approximate surface area is 132 Å². The maximum Gasteiger partial charge on any atom is 0.163 e. The topological polar surface area (TPSA) is 49.8 Å². The molecule has 0 bridgehead atoms. The molecule has 3 rings (SSSR count). The average Bonchev–Trinajstić information content (AvgIpc) is 3.36. The van der Waals surface area contributed by atoms with Crippen molar-refractivity contribution in [1.29, 1.82) is 0 Å². The minimum atomic E-state index is 0.589. The summed E-state index contributed by atoms with van der Waals surface area (Å²) in [6, 6.07) is 12.8. The van der Waals surface area contributed by atoms with Crippen molar-refractivity contribution in [2.24, 2.45) is 0 Å². The molecule has 0 radical (unpaired) electrons. The maximum atomic E-state index is 4.67. The number of hydrogen-bond donors (Lipinski definition) is 2. The molecule has 2 aromatic rings. The summed E-state index contributed by atoms with van der Waals surface area (Å²) in [5.41, 5.74) is 1.05. The molecule has 4 heteroatoms. The van der Waals surface area contributed by atoms with Crippen molar-refractivity contribution in [2.45, 2.75) is 45.1 Å². The van der Waals surface area contributed by atoms with Crippen LogP contribution in [0.1, 0.15) is 39.0 Å². The van der Waals surface area contributed by atoms with Gasteiger partial charge in [0.1, 0.15) is 11.6 Å². The molecule has 1 aliphatic carbocycles. The third-order valence-electron chi connectivity index (χ3n) is 3.77. The number of anilines is 2. The highest BCUT2D eigenvalue weighted by Crippen LogP contribution is 2.26. The first-order chi connectivity index (χ1) is 10.8. The van der Waals surface area contributed by atoms with Gasteiger partial charge in [-0.05, 0) is 19.3 Å². The molecule has 4 nitrogen and oxygen atoms in total. The number of aromatic nitrogens is 2. The SMILES string of the molecule is CCCCCNc1cc(NC2CC2)nc(-c2ccccc2)n1. The monoisotopic (exact) mass is 296 g/mol. The third kappa shape index (κ3) is 4.20. The average molecular weight is 296 g/mol. The first kappa shape index (κ1) is 14.8. The largest absolute Gasteiger partial charge is 0.370 e. The van der Waals surface area contributed by atoms with Crippen LogP contribution < -0.4 is 10.6 Å². The van der Waals surface area contributed by atoms with Gasteiger partial charge in [-0.25, -0.2) is 9.97 Å². The van der Waals surface area contributed by atoms with Gasteiger partial charge in [0.2, 0.25) is 0 Å². The fourth-order valence-corrected chi connectivity index (χ4v) is 2.36. The van der Waals surface area contributed by atoms with Crippen molar-refractivity contribution in [3.63, 3.8) is 0 Å². The van der Waals surface area contributed by atoms with Crippen LogP contribution in [-0.2, 0) is 0 Å². The van der Waals surface area contributed by atoms with Crippen molar-refractivity contribution in [2.75, 3.05) is 17.2 Å². The summed E-state index contributed by atoms with van der Waals surface area (Å²) in [5, 5.41) is 6.91. The highest BCUT2D eigenvalue weighted by molar-refractivity contribution is 5.61. The van der Waals surface area contributed by atoms with E-state index in [1.54, 1.807) is 0 Å². The molecule has 0 unspecified atom stereocenters. The number of rotatable bonds is 8. The number of nitrogens with zero attached hydrogens (tertiary/aromatic N) is 2. The summed E-state index contributed by atoms with van der Waals surface area (Å²) in [4.78, 5) is 9.33. The van der Waals surface area contributed by atoms with Gasteiger partial charge in [0.25, 0.3) is 0 Å². The second kappa shape index (κ2) is 7.25. The van der Waals surface area contributed by atoms with E-state index in [1.807, 2.05) is 24.3 Å². The van der Waals surface area contributed by atoms with E-state index in [2.05, 4.69) is 39.7 Å². The molecule has 0 atom stereocenters. The predicted molar refractivity (Wildman–Crippen MR) is 92.1 cm³/mol. The second-order valence-electron chi connectivity index (χ2n) is 5.88. The molecule has 1 fully saturated rings. The Morgan fingerprint density at radius 1 is 1.05 bits per heavy atom. The van der Waals surface area contributed by atoms with Crippen LogP contribution in [-0.4, -0.2) is 22.6 Å². The third-order valence-corrected chi connectivity index (χ3v) is 3.77. The Morgan fingerprint density at radius 2 is 1.82 bits per heavy atom. The number of hydrogen-bond acceptors (Lipinski definition) is 4. The summed E-state index contributed by atoms with van der Waals surface area (Å²) in [5.74, 6) is 2.62. The smallest absolute Gasteiger partial charge is 0.163 e. The van der Waals surface area contributed by atoms with E-state index in [4.69, 9.17) is 0 Å². The van der Waals surface area contributed by atoms with Gasteiger partial charge in [-0.15, -0.1) is 0 Å². The van der Waals surface area contributed by atoms with Gasteiger partial charge in [-0.3, -0.25) is 0 Å². The summed E-state index contributed by atoms with van der Waals surface area (Å²) in [6.45, 7) is 3.18. The highest BCUT2D eigenvalue weighted by Gasteiger charge is 2.22. The number of benzene rings is 1. The lowest BCUT2D eigenvalue weighted by atomic mass is 10.2.